The first kappa shape index (κ1) is 14.2. The highest BCUT2D eigenvalue weighted by Gasteiger charge is 2.08. The molecular weight excluding hydrogens is 282 g/mol. The summed E-state index contributed by atoms with van der Waals surface area (Å²) in [4.78, 5) is 11.6. The van der Waals surface area contributed by atoms with Crippen molar-refractivity contribution in [3.05, 3.63) is 34.3 Å². The number of nitrogens with one attached hydrogen (secondary N) is 1. The summed E-state index contributed by atoms with van der Waals surface area (Å²) in [5.74, 6) is 0.0671. The van der Waals surface area contributed by atoms with Crippen LogP contribution < -0.4 is 5.32 Å². The molecule has 0 aliphatic heterocycles. The van der Waals surface area contributed by atoms with E-state index in [0.29, 0.717) is 13.0 Å². The van der Waals surface area contributed by atoms with Crippen LogP contribution in [0, 0.1) is 0 Å². The van der Waals surface area contributed by atoms with E-state index in [4.69, 9.17) is 4.74 Å². The minimum atomic E-state index is 0.0399. The molecule has 0 aromatic heterocycles. The molecule has 0 saturated carbocycles. The summed E-state index contributed by atoms with van der Waals surface area (Å²) in [6, 6.07) is 8.00. The second-order valence-corrected chi connectivity index (χ2v) is 4.85. The molecular formula is C13H18BrNO2. The van der Waals surface area contributed by atoms with Crippen LogP contribution in [0.5, 0.6) is 0 Å². The molecule has 0 bridgehead atoms. The molecule has 3 nitrogen and oxygen atoms in total. The SMILES string of the molecule is COCCCC(=O)NC(C)c1ccc(Br)cc1. The maximum atomic E-state index is 11.6. The van der Waals surface area contributed by atoms with Crippen molar-refractivity contribution in [2.24, 2.45) is 0 Å². The van der Waals surface area contributed by atoms with E-state index in [1.165, 1.54) is 0 Å². The fourth-order valence-corrected chi connectivity index (χ4v) is 1.79. The first-order chi connectivity index (χ1) is 8.13. The van der Waals surface area contributed by atoms with Crippen molar-refractivity contribution in [3.63, 3.8) is 0 Å². The summed E-state index contributed by atoms with van der Waals surface area (Å²) >= 11 is 3.39. The van der Waals surface area contributed by atoms with Gasteiger partial charge >= 0.3 is 0 Å². The summed E-state index contributed by atoms with van der Waals surface area (Å²) in [6.07, 6.45) is 1.27. The molecule has 1 rings (SSSR count). The van der Waals surface area contributed by atoms with Crippen molar-refractivity contribution in [2.75, 3.05) is 13.7 Å². The number of ether oxygens (including phenoxy) is 1. The Hall–Kier alpha value is -0.870. The highest BCUT2D eigenvalue weighted by atomic mass is 79.9. The van der Waals surface area contributed by atoms with Crippen molar-refractivity contribution >= 4 is 21.8 Å². The molecule has 0 fully saturated rings. The summed E-state index contributed by atoms with van der Waals surface area (Å²) in [5.41, 5.74) is 1.10. The Morgan fingerprint density at radius 1 is 1.41 bits per heavy atom. The van der Waals surface area contributed by atoms with Crippen molar-refractivity contribution in [3.8, 4) is 0 Å². The highest BCUT2D eigenvalue weighted by Crippen LogP contribution is 2.16. The van der Waals surface area contributed by atoms with Gasteiger partial charge < -0.3 is 10.1 Å². The number of carbonyl (C=O) groups is 1. The van der Waals surface area contributed by atoms with Crippen LogP contribution in [0.25, 0.3) is 0 Å². The van der Waals surface area contributed by atoms with Gasteiger partial charge in [-0.25, -0.2) is 0 Å². The molecule has 0 aliphatic rings. The zero-order chi connectivity index (χ0) is 12.7. The minimum absolute atomic E-state index is 0.0399. The number of hydrogen-bond donors (Lipinski definition) is 1. The molecule has 0 aliphatic carbocycles. The van der Waals surface area contributed by atoms with Gasteiger partial charge in [0.2, 0.25) is 5.91 Å². The maximum absolute atomic E-state index is 11.6. The third-order valence-corrected chi connectivity index (χ3v) is 3.03. The van der Waals surface area contributed by atoms with Crippen LogP contribution in [-0.4, -0.2) is 19.6 Å². The Labute approximate surface area is 111 Å². The lowest BCUT2D eigenvalue weighted by atomic mass is 10.1. The van der Waals surface area contributed by atoms with Crippen LogP contribution in [0.2, 0.25) is 0 Å². The highest BCUT2D eigenvalue weighted by molar-refractivity contribution is 9.10. The first-order valence-electron chi connectivity index (χ1n) is 5.67. The van der Waals surface area contributed by atoms with Gasteiger partial charge in [0.1, 0.15) is 0 Å². The fourth-order valence-electron chi connectivity index (χ4n) is 1.53. The lowest BCUT2D eigenvalue weighted by Crippen LogP contribution is -2.26. The van der Waals surface area contributed by atoms with Crippen LogP contribution in [-0.2, 0) is 9.53 Å². The van der Waals surface area contributed by atoms with Gasteiger partial charge in [0, 0.05) is 24.6 Å². The van der Waals surface area contributed by atoms with E-state index < -0.39 is 0 Å². The number of amides is 1. The Morgan fingerprint density at radius 2 is 2.06 bits per heavy atom. The minimum Gasteiger partial charge on any atom is -0.385 e. The molecule has 1 amide bonds. The fraction of sp³-hybridized carbons (Fsp3) is 0.462. The van der Waals surface area contributed by atoms with E-state index in [1.807, 2.05) is 31.2 Å². The van der Waals surface area contributed by atoms with Crippen LogP contribution in [0.1, 0.15) is 31.4 Å². The number of hydrogen-bond acceptors (Lipinski definition) is 2. The summed E-state index contributed by atoms with van der Waals surface area (Å²) in [6.45, 7) is 2.61. The summed E-state index contributed by atoms with van der Waals surface area (Å²) in [7, 11) is 1.64. The van der Waals surface area contributed by atoms with Crippen LogP contribution >= 0.6 is 15.9 Å². The van der Waals surface area contributed by atoms with Gasteiger partial charge in [-0.1, -0.05) is 28.1 Å². The zero-order valence-corrected chi connectivity index (χ0v) is 11.8. The van der Waals surface area contributed by atoms with Crippen LogP contribution in [0.3, 0.4) is 0 Å². The Kier molecular flexibility index (Phi) is 6.22. The Morgan fingerprint density at radius 3 is 2.65 bits per heavy atom. The summed E-state index contributed by atoms with van der Waals surface area (Å²) < 4.78 is 5.95. The molecule has 1 unspecified atom stereocenters. The third-order valence-electron chi connectivity index (χ3n) is 2.50. The average Bonchev–Trinajstić information content (AvgIpc) is 2.30. The van der Waals surface area contributed by atoms with Gasteiger partial charge in [0.05, 0.1) is 6.04 Å². The maximum Gasteiger partial charge on any atom is 0.220 e. The normalized spacial score (nSPS) is 12.2. The topological polar surface area (TPSA) is 38.3 Å². The molecule has 17 heavy (non-hydrogen) atoms. The zero-order valence-electron chi connectivity index (χ0n) is 10.2. The monoisotopic (exact) mass is 299 g/mol. The second-order valence-electron chi connectivity index (χ2n) is 3.94. The van der Waals surface area contributed by atoms with Gasteiger partial charge in [-0.15, -0.1) is 0 Å². The van der Waals surface area contributed by atoms with Crippen molar-refractivity contribution in [1.29, 1.82) is 0 Å². The van der Waals surface area contributed by atoms with E-state index in [9.17, 15) is 4.79 Å². The van der Waals surface area contributed by atoms with E-state index in [1.54, 1.807) is 7.11 Å². The van der Waals surface area contributed by atoms with Crippen molar-refractivity contribution in [2.45, 2.75) is 25.8 Å². The van der Waals surface area contributed by atoms with E-state index >= 15 is 0 Å². The van der Waals surface area contributed by atoms with E-state index in [-0.39, 0.29) is 11.9 Å². The van der Waals surface area contributed by atoms with Crippen LogP contribution in [0.4, 0.5) is 0 Å². The van der Waals surface area contributed by atoms with Gasteiger partial charge in [-0.05, 0) is 31.0 Å². The lowest BCUT2D eigenvalue weighted by Gasteiger charge is -2.14. The Balaban J connectivity index is 2.40. The molecule has 0 heterocycles. The number of methoxy groups -OCH3 is 1. The number of rotatable bonds is 6. The van der Waals surface area contributed by atoms with Crippen molar-refractivity contribution in [1.82, 2.24) is 5.32 Å². The number of halogens is 1. The smallest absolute Gasteiger partial charge is 0.220 e. The van der Waals surface area contributed by atoms with Gasteiger partial charge in [0.15, 0.2) is 0 Å². The number of benzene rings is 1. The molecule has 1 atom stereocenters. The average molecular weight is 300 g/mol. The second kappa shape index (κ2) is 7.45. The lowest BCUT2D eigenvalue weighted by molar-refractivity contribution is -0.122. The standard InChI is InChI=1S/C13H18BrNO2/c1-10(11-5-7-12(14)8-6-11)15-13(16)4-3-9-17-2/h5-8,10H,3-4,9H2,1-2H3,(H,15,16). The van der Waals surface area contributed by atoms with Gasteiger partial charge in [-0.3, -0.25) is 4.79 Å². The molecule has 0 radical (unpaired) electrons. The van der Waals surface area contributed by atoms with Crippen LogP contribution in [0.15, 0.2) is 28.7 Å². The van der Waals surface area contributed by atoms with Gasteiger partial charge in [-0.2, -0.15) is 0 Å². The Bertz CT molecular complexity index is 351. The molecule has 94 valence electrons. The van der Waals surface area contributed by atoms with E-state index in [0.717, 1.165) is 16.5 Å². The van der Waals surface area contributed by atoms with Crippen molar-refractivity contribution < 1.29 is 9.53 Å². The van der Waals surface area contributed by atoms with E-state index in [2.05, 4.69) is 21.2 Å². The first-order valence-corrected chi connectivity index (χ1v) is 6.46. The molecule has 1 N–H and O–H groups in total. The summed E-state index contributed by atoms with van der Waals surface area (Å²) in [5, 5.41) is 2.96. The predicted octanol–water partition coefficient (Wildman–Crippen LogP) is 3.05. The molecule has 4 heteroatoms. The quantitative estimate of drug-likeness (QED) is 0.820. The largest absolute Gasteiger partial charge is 0.385 e. The van der Waals surface area contributed by atoms with Gasteiger partial charge in [0.25, 0.3) is 0 Å². The molecule has 0 spiro atoms. The molecule has 0 saturated heterocycles. The predicted molar refractivity (Wildman–Crippen MR) is 71.8 cm³/mol. The molecule has 1 aromatic rings. The number of carbonyl (C=O) groups excluding carboxylic acids is 1. The molecule has 1 aromatic carbocycles. The third kappa shape index (κ3) is 5.33.